The van der Waals surface area contributed by atoms with Crippen molar-refractivity contribution in [2.24, 2.45) is 5.73 Å². The lowest BCUT2D eigenvalue weighted by molar-refractivity contribution is -0.00188. The van der Waals surface area contributed by atoms with Gasteiger partial charge in [-0.2, -0.15) is 4.31 Å². The summed E-state index contributed by atoms with van der Waals surface area (Å²) < 4.78 is 34.1. The molecule has 4 rings (SSSR count). The molecule has 28 heavy (non-hydrogen) atoms. The van der Waals surface area contributed by atoms with Crippen molar-refractivity contribution in [2.45, 2.75) is 11.0 Å². The van der Waals surface area contributed by atoms with Gasteiger partial charge in [0.25, 0.3) is 5.91 Å². The number of carbonyl (C=O) groups excluding carboxylic acids is 1. The smallest absolute Gasteiger partial charge is 0.259 e. The second kappa shape index (κ2) is 7.17. The maximum atomic E-state index is 13.0. The monoisotopic (exact) mass is 418 g/mol. The summed E-state index contributed by atoms with van der Waals surface area (Å²) >= 11 is 1.28. The quantitative estimate of drug-likeness (QED) is 0.676. The SMILES string of the molecule is NC(=O)c1sc2ccccc2c1C1CN(S(=O)(=O)c2ccc(O)cc2)CCO1. The van der Waals surface area contributed by atoms with Crippen LogP contribution in [-0.4, -0.2) is 43.4 Å². The number of phenolic OH excluding ortho intramolecular Hbond substituents is 1. The molecule has 3 N–H and O–H groups in total. The van der Waals surface area contributed by atoms with Crippen LogP contribution in [0.2, 0.25) is 0 Å². The summed E-state index contributed by atoms with van der Waals surface area (Å²) in [6, 6.07) is 12.9. The highest BCUT2D eigenvalue weighted by atomic mass is 32.2. The van der Waals surface area contributed by atoms with E-state index in [1.807, 2.05) is 24.3 Å². The second-order valence-electron chi connectivity index (χ2n) is 6.42. The molecule has 9 heteroatoms. The number of carbonyl (C=O) groups is 1. The van der Waals surface area contributed by atoms with Gasteiger partial charge in [-0.3, -0.25) is 4.79 Å². The number of primary amides is 1. The summed E-state index contributed by atoms with van der Waals surface area (Å²) in [5.41, 5.74) is 6.21. The maximum absolute atomic E-state index is 13.0. The van der Waals surface area contributed by atoms with E-state index in [1.165, 1.54) is 39.9 Å². The van der Waals surface area contributed by atoms with E-state index in [0.717, 1.165) is 10.1 Å². The van der Waals surface area contributed by atoms with Crippen LogP contribution in [0.25, 0.3) is 10.1 Å². The highest BCUT2D eigenvalue weighted by Gasteiger charge is 2.34. The minimum absolute atomic E-state index is 0.00496. The fraction of sp³-hybridized carbons (Fsp3) is 0.211. The number of nitrogens with zero attached hydrogens (tertiary/aromatic N) is 1. The Morgan fingerprint density at radius 3 is 2.61 bits per heavy atom. The van der Waals surface area contributed by atoms with Gasteiger partial charge in [0.1, 0.15) is 5.75 Å². The molecule has 146 valence electrons. The largest absolute Gasteiger partial charge is 0.508 e. The van der Waals surface area contributed by atoms with Crippen molar-refractivity contribution in [1.29, 1.82) is 0 Å². The molecule has 0 aliphatic carbocycles. The second-order valence-corrected chi connectivity index (χ2v) is 9.41. The molecule has 7 nitrogen and oxygen atoms in total. The molecule has 1 amide bonds. The van der Waals surface area contributed by atoms with E-state index in [0.29, 0.717) is 10.4 Å². The first-order valence-electron chi connectivity index (χ1n) is 8.60. The standard InChI is InChI=1S/C19H18N2O5S2/c20-19(23)18-17(14-3-1-2-4-16(14)27-18)15-11-21(9-10-26-15)28(24,25)13-7-5-12(22)6-8-13/h1-8,15,22H,9-11H2,(H2,20,23). The Balaban J connectivity index is 1.72. The minimum atomic E-state index is -3.76. The molecular weight excluding hydrogens is 400 g/mol. The molecular formula is C19H18N2O5S2. The van der Waals surface area contributed by atoms with E-state index < -0.39 is 22.0 Å². The third kappa shape index (κ3) is 3.26. The van der Waals surface area contributed by atoms with Crippen LogP contribution in [0.5, 0.6) is 5.75 Å². The van der Waals surface area contributed by atoms with Gasteiger partial charge in [-0.05, 0) is 35.7 Å². The number of benzene rings is 2. The first-order valence-corrected chi connectivity index (χ1v) is 10.9. The number of aromatic hydroxyl groups is 1. The Morgan fingerprint density at radius 2 is 1.89 bits per heavy atom. The average Bonchev–Trinajstić information content (AvgIpc) is 3.08. The van der Waals surface area contributed by atoms with Crippen molar-refractivity contribution in [1.82, 2.24) is 4.31 Å². The Kier molecular flexibility index (Phi) is 4.84. The third-order valence-corrected chi connectivity index (χ3v) is 7.76. The van der Waals surface area contributed by atoms with Gasteiger partial charge in [-0.15, -0.1) is 11.3 Å². The van der Waals surface area contributed by atoms with Crippen molar-refractivity contribution in [2.75, 3.05) is 19.7 Å². The molecule has 0 saturated carbocycles. The highest BCUT2D eigenvalue weighted by Crippen LogP contribution is 2.38. The zero-order valence-electron chi connectivity index (χ0n) is 14.7. The summed E-state index contributed by atoms with van der Waals surface area (Å²) in [6.07, 6.45) is -0.598. The molecule has 1 atom stereocenters. The van der Waals surface area contributed by atoms with E-state index in [1.54, 1.807) is 0 Å². The van der Waals surface area contributed by atoms with Gasteiger partial charge in [0.15, 0.2) is 0 Å². The molecule has 3 aromatic rings. The van der Waals surface area contributed by atoms with E-state index in [4.69, 9.17) is 10.5 Å². The van der Waals surface area contributed by atoms with Gasteiger partial charge in [0.2, 0.25) is 10.0 Å². The molecule has 2 heterocycles. The van der Waals surface area contributed by atoms with Crippen LogP contribution in [0.3, 0.4) is 0 Å². The molecule has 0 bridgehead atoms. The highest BCUT2D eigenvalue weighted by molar-refractivity contribution is 7.89. The van der Waals surface area contributed by atoms with Crippen LogP contribution >= 0.6 is 11.3 Å². The van der Waals surface area contributed by atoms with Crippen LogP contribution in [0, 0.1) is 0 Å². The van der Waals surface area contributed by atoms with Gasteiger partial charge in [-0.25, -0.2) is 8.42 Å². The van der Waals surface area contributed by atoms with E-state index in [2.05, 4.69) is 0 Å². The van der Waals surface area contributed by atoms with Crippen LogP contribution in [0.4, 0.5) is 0 Å². The van der Waals surface area contributed by atoms with Gasteiger partial charge in [0, 0.05) is 23.4 Å². The van der Waals surface area contributed by atoms with Gasteiger partial charge in [0.05, 0.1) is 22.5 Å². The van der Waals surface area contributed by atoms with Crippen LogP contribution < -0.4 is 5.73 Å². The number of thiophene rings is 1. The number of hydrogen-bond donors (Lipinski definition) is 2. The zero-order valence-corrected chi connectivity index (χ0v) is 16.4. The predicted molar refractivity (Wildman–Crippen MR) is 106 cm³/mol. The number of nitrogens with two attached hydrogens (primary N) is 1. The van der Waals surface area contributed by atoms with Crippen molar-refractivity contribution >= 4 is 37.4 Å². The average molecular weight is 418 g/mol. The topological polar surface area (TPSA) is 110 Å². The van der Waals surface area contributed by atoms with Crippen molar-refractivity contribution < 1.29 is 23.1 Å². The number of phenols is 1. The van der Waals surface area contributed by atoms with Crippen LogP contribution in [0.1, 0.15) is 21.3 Å². The molecule has 2 aromatic carbocycles. The zero-order chi connectivity index (χ0) is 19.9. The minimum Gasteiger partial charge on any atom is -0.508 e. The number of rotatable bonds is 4. The molecule has 1 unspecified atom stereocenters. The molecule has 0 radical (unpaired) electrons. The maximum Gasteiger partial charge on any atom is 0.259 e. The molecule has 1 fully saturated rings. The summed E-state index contributed by atoms with van der Waals surface area (Å²) in [4.78, 5) is 12.5. The Bertz CT molecular complexity index is 1140. The number of fused-ring (bicyclic) bond motifs is 1. The predicted octanol–water partition coefficient (Wildman–Crippen LogP) is 2.47. The summed E-state index contributed by atoms with van der Waals surface area (Å²) in [5, 5.41) is 10.3. The molecule has 1 aliphatic rings. The Hall–Kier alpha value is -2.46. The first-order chi connectivity index (χ1) is 13.4. The third-order valence-electron chi connectivity index (χ3n) is 4.68. The van der Waals surface area contributed by atoms with Crippen molar-refractivity contribution in [3.8, 4) is 5.75 Å². The fourth-order valence-corrected chi connectivity index (χ4v) is 5.89. The lowest BCUT2D eigenvalue weighted by atomic mass is 10.0. The van der Waals surface area contributed by atoms with Gasteiger partial charge < -0.3 is 15.6 Å². The number of ether oxygens (including phenoxy) is 1. The fourth-order valence-electron chi connectivity index (χ4n) is 3.35. The van der Waals surface area contributed by atoms with Gasteiger partial charge in [-0.1, -0.05) is 18.2 Å². The number of morpholine rings is 1. The first kappa shape index (κ1) is 18.9. The van der Waals surface area contributed by atoms with Crippen molar-refractivity contribution in [3.63, 3.8) is 0 Å². The molecule has 1 aliphatic heterocycles. The van der Waals surface area contributed by atoms with Crippen LogP contribution in [0.15, 0.2) is 53.4 Å². The Morgan fingerprint density at radius 1 is 1.18 bits per heavy atom. The number of amides is 1. The number of hydrogen-bond acceptors (Lipinski definition) is 6. The van der Waals surface area contributed by atoms with Crippen LogP contribution in [-0.2, 0) is 14.8 Å². The summed E-state index contributed by atoms with van der Waals surface area (Å²) in [5.74, 6) is -0.562. The molecule has 0 spiro atoms. The molecule has 1 saturated heterocycles. The van der Waals surface area contributed by atoms with Gasteiger partial charge >= 0.3 is 0 Å². The lowest BCUT2D eigenvalue weighted by Gasteiger charge is -2.32. The summed E-state index contributed by atoms with van der Waals surface area (Å²) in [6.45, 7) is 0.474. The normalized spacial score (nSPS) is 18.4. The van der Waals surface area contributed by atoms with E-state index in [9.17, 15) is 18.3 Å². The van der Waals surface area contributed by atoms with Crippen molar-refractivity contribution in [3.05, 3.63) is 59.0 Å². The van der Waals surface area contributed by atoms with E-state index in [-0.39, 0.29) is 30.3 Å². The number of sulfonamides is 1. The summed E-state index contributed by atoms with van der Waals surface area (Å²) in [7, 11) is -3.76. The Labute approximate surface area is 166 Å². The molecule has 1 aromatic heterocycles. The lowest BCUT2D eigenvalue weighted by Crippen LogP contribution is -2.42. The van der Waals surface area contributed by atoms with E-state index >= 15 is 0 Å².